The molecule has 0 radical (unpaired) electrons. The lowest BCUT2D eigenvalue weighted by Crippen LogP contribution is -2.39. The molecule has 1 aromatic heterocycles. The van der Waals surface area contributed by atoms with Gasteiger partial charge in [0.25, 0.3) is 5.69 Å². The number of halogens is 1. The van der Waals surface area contributed by atoms with E-state index < -0.39 is 0 Å². The molecule has 120 valence electrons. The molecule has 2 aromatic carbocycles. The summed E-state index contributed by atoms with van der Waals surface area (Å²) in [6.45, 7) is 0.271. The zero-order valence-electron chi connectivity index (χ0n) is 13.3. The van der Waals surface area contributed by atoms with Gasteiger partial charge in [-0.2, -0.15) is 4.57 Å². The van der Waals surface area contributed by atoms with Gasteiger partial charge in [-0.25, -0.2) is 4.79 Å². The summed E-state index contributed by atoms with van der Waals surface area (Å²) in [5.41, 5.74) is 3.58. The van der Waals surface area contributed by atoms with Gasteiger partial charge in [-0.3, -0.25) is 0 Å². The van der Waals surface area contributed by atoms with E-state index in [0.717, 1.165) is 20.4 Å². The summed E-state index contributed by atoms with van der Waals surface area (Å²) in [5, 5.41) is 0. The number of ether oxygens (including phenoxy) is 1. The summed E-state index contributed by atoms with van der Waals surface area (Å²) in [6, 6.07) is 23.5. The molecule has 0 saturated carbocycles. The summed E-state index contributed by atoms with van der Waals surface area (Å²) in [5.74, 6) is -0.325. The van der Waals surface area contributed by atoms with Crippen molar-refractivity contribution in [2.75, 3.05) is 0 Å². The average Bonchev–Trinajstić information content (AvgIpc) is 2.61. The fraction of sp³-hybridized carbons (Fsp3) is 0.100. The molecule has 3 rings (SSSR count). The summed E-state index contributed by atoms with van der Waals surface area (Å²) in [4.78, 5) is 12.5. The highest BCUT2D eigenvalue weighted by atomic mass is 127. The van der Waals surface area contributed by atoms with Crippen molar-refractivity contribution in [3.05, 3.63) is 87.6 Å². The second-order valence-electron chi connectivity index (χ2n) is 5.40. The predicted octanol–water partition coefficient (Wildman–Crippen LogP) is 4.14. The van der Waals surface area contributed by atoms with Gasteiger partial charge in [-0.05, 0) is 46.4 Å². The first-order valence-electron chi connectivity index (χ1n) is 7.62. The first-order chi connectivity index (χ1) is 11.7. The Morgan fingerprint density at radius 3 is 2.42 bits per heavy atom. The number of aromatic nitrogens is 1. The van der Waals surface area contributed by atoms with E-state index in [0.29, 0.717) is 5.69 Å². The van der Waals surface area contributed by atoms with Gasteiger partial charge in [-0.15, -0.1) is 0 Å². The van der Waals surface area contributed by atoms with Gasteiger partial charge in [0.1, 0.15) is 13.7 Å². The van der Waals surface area contributed by atoms with E-state index in [4.69, 9.17) is 4.74 Å². The molecule has 0 atom stereocenters. The molecule has 0 amide bonds. The molecule has 0 fully saturated rings. The van der Waals surface area contributed by atoms with Crippen molar-refractivity contribution in [2.45, 2.75) is 6.61 Å². The van der Waals surface area contributed by atoms with Gasteiger partial charge in [0.15, 0.2) is 0 Å². The summed E-state index contributed by atoms with van der Waals surface area (Å²) in [6.07, 6.45) is 0. The molecule has 4 heteroatoms. The monoisotopic (exact) mass is 430 g/mol. The predicted molar refractivity (Wildman–Crippen MR) is 101 cm³/mol. The smallest absolute Gasteiger partial charge is 0.404 e. The molecule has 0 aliphatic rings. The number of rotatable bonds is 4. The first-order valence-corrected chi connectivity index (χ1v) is 8.69. The van der Waals surface area contributed by atoms with Crippen LogP contribution in [0.5, 0.6) is 0 Å². The topological polar surface area (TPSA) is 30.2 Å². The van der Waals surface area contributed by atoms with Crippen LogP contribution >= 0.6 is 22.6 Å². The molecule has 0 bridgehead atoms. The Hall–Kier alpha value is -2.21. The Bertz CT molecular complexity index is 863. The number of esters is 1. The fourth-order valence-electron chi connectivity index (χ4n) is 2.53. The van der Waals surface area contributed by atoms with Crippen LogP contribution in [0.2, 0.25) is 0 Å². The van der Waals surface area contributed by atoms with Gasteiger partial charge in [0, 0.05) is 15.7 Å². The van der Waals surface area contributed by atoms with Crippen molar-refractivity contribution < 1.29 is 14.1 Å². The Balaban J connectivity index is 1.85. The summed E-state index contributed by atoms with van der Waals surface area (Å²) in [7, 11) is 1.89. The van der Waals surface area contributed by atoms with Crippen LogP contribution in [0.25, 0.3) is 11.3 Å². The number of benzene rings is 2. The van der Waals surface area contributed by atoms with E-state index in [2.05, 4.69) is 34.7 Å². The molecule has 0 saturated heterocycles. The van der Waals surface area contributed by atoms with Gasteiger partial charge in [0.05, 0.1) is 5.56 Å². The maximum absolute atomic E-state index is 12.5. The van der Waals surface area contributed by atoms with E-state index in [1.165, 1.54) is 0 Å². The maximum atomic E-state index is 12.5. The van der Waals surface area contributed by atoms with E-state index in [1.807, 2.05) is 66.2 Å². The average molecular weight is 430 g/mol. The fourth-order valence-corrected chi connectivity index (χ4v) is 3.19. The van der Waals surface area contributed by atoms with Crippen LogP contribution in [-0.4, -0.2) is 5.97 Å². The highest BCUT2D eigenvalue weighted by Gasteiger charge is 2.23. The number of hydrogen-bond donors (Lipinski definition) is 0. The minimum atomic E-state index is -0.325. The highest BCUT2D eigenvalue weighted by Crippen LogP contribution is 2.22. The van der Waals surface area contributed by atoms with Crippen molar-refractivity contribution in [1.29, 1.82) is 0 Å². The van der Waals surface area contributed by atoms with E-state index in [-0.39, 0.29) is 12.6 Å². The lowest BCUT2D eigenvalue weighted by molar-refractivity contribution is -0.663. The standard InChI is InChI=1S/C20H17INO2/c1-22-18(16-10-5-6-11-17(16)21)12-7-13-19(22)20(23)24-14-15-8-3-2-4-9-15/h2-13H,14H2,1H3/q+1. The zero-order valence-corrected chi connectivity index (χ0v) is 15.4. The minimum absolute atomic E-state index is 0.271. The Morgan fingerprint density at radius 2 is 1.67 bits per heavy atom. The number of hydrogen-bond acceptors (Lipinski definition) is 2. The van der Waals surface area contributed by atoms with E-state index >= 15 is 0 Å². The lowest BCUT2D eigenvalue weighted by Gasteiger charge is -2.07. The largest absolute Gasteiger partial charge is 0.453 e. The Morgan fingerprint density at radius 1 is 0.958 bits per heavy atom. The molecule has 0 spiro atoms. The van der Waals surface area contributed by atoms with Crippen LogP contribution in [-0.2, 0) is 18.4 Å². The third-order valence-corrected chi connectivity index (χ3v) is 4.74. The second-order valence-corrected chi connectivity index (χ2v) is 6.56. The molecule has 24 heavy (non-hydrogen) atoms. The van der Waals surface area contributed by atoms with Crippen molar-refractivity contribution in [2.24, 2.45) is 7.05 Å². The van der Waals surface area contributed by atoms with Crippen molar-refractivity contribution in [3.63, 3.8) is 0 Å². The minimum Gasteiger partial charge on any atom is -0.453 e. The Labute approximate surface area is 155 Å². The number of carbonyl (C=O) groups is 1. The molecular formula is C20H17INO2+. The first kappa shape index (κ1) is 16.6. The van der Waals surface area contributed by atoms with Crippen LogP contribution in [0.3, 0.4) is 0 Å². The van der Waals surface area contributed by atoms with Gasteiger partial charge < -0.3 is 4.74 Å². The van der Waals surface area contributed by atoms with Crippen LogP contribution in [0.15, 0.2) is 72.8 Å². The SMILES string of the molecule is C[n+]1c(C(=O)OCc2ccccc2)cccc1-c1ccccc1I. The molecule has 3 nitrogen and oxygen atoms in total. The lowest BCUT2D eigenvalue weighted by atomic mass is 10.1. The maximum Gasteiger partial charge on any atom is 0.404 e. The van der Waals surface area contributed by atoms with Gasteiger partial charge >= 0.3 is 5.97 Å². The normalized spacial score (nSPS) is 10.4. The van der Waals surface area contributed by atoms with Crippen molar-refractivity contribution in [3.8, 4) is 11.3 Å². The van der Waals surface area contributed by atoms with Crippen molar-refractivity contribution >= 4 is 28.6 Å². The van der Waals surface area contributed by atoms with Crippen LogP contribution < -0.4 is 4.57 Å². The number of carbonyl (C=O) groups excluding carboxylic acids is 1. The van der Waals surface area contributed by atoms with Crippen molar-refractivity contribution in [1.82, 2.24) is 0 Å². The summed E-state index contributed by atoms with van der Waals surface area (Å²) < 4.78 is 8.47. The van der Waals surface area contributed by atoms with E-state index in [9.17, 15) is 4.79 Å². The number of pyridine rings is 1. The van der Waals surface area contributed by atoms with Crippen LogP contribution in [0.1, 0.15) is 16.1 Å². The molecular weight excluding hydrogens is 413 g/mol. The summed E-state index contributed by atoms with van der Waals surface area (Å²) >= 11 is 2.30. The zero-order chi connectivity index (χ0) is 16.9. The van der Waals surface area contributed by atoms with Crippen LogP contribution in [0.4, 0.5) is 0 Å². The third-order valence-electron chi connectivity index (χ3n) is 3.80. The van der Waals surface area contributed by atoms with Gasteiger partial charge in [0.2, 0.25) is 5.69 Å². The Kier molecular flexibility index (Phi) is 5.25. The molecule has 0 aliphatic heterocycles. The van der Waals surface area contributed by atoms with E-state index in [1.54, 1.807) is 6.07 Å². The van der Waals surface area contributed by atoms with Crippen LogP contribution in [0, 0.1) is 3.57 Å². The third kappa shape index (κ3) is 3.64. The molecule has 0 N–H and O–H groups in total. The molecule has 0 unspecified atom stereocenters. The molecule has 0 aliphatic carbocycles. The molecule has 1 heterocycles. The van der Waals surface area contributed by atoms with Gasteiger partial charge in [-0.1, -0.05) is 42.5 Å². The second kappa shape index (κ2) is 7.57. The quantitative estimate of drug-likeness (QED) is 0.354. The molecule has 3 aromatic rings. The highest BCUT2D eigenvalue weighted by molar-refractivity contribution is 14.1. The number of nitrogens with zero attached hydrogens (tertiary/aromatic N) is 1.